The van der Waals surface area contributed by atoms with Crippen LogP contribution in [0.15, 0.2) is 54.6 Å². The molecule has 4 heteroatoms. The van der Waals surface area contributed by atoms with Crippen LogP contribution in [0.1, 0.15) is 18.9 Å². The van der Waals surface area contributed by atoms with Crippen LogP contribution in [0.5, 0.6) is 0 Å². The van der Waals surface area contributed by atoms with Crippen molar-refractivity contribution in [3.05, 3.63) is 60.2 Å². The Morgan fingerprint density at radius 1 is 0.958 bits per heavy atom. The van der Waals surface area contributed by atoms with Crippen LogP contribution in [0.25, 0.3) is 11.1 Å². The van der Waals surface area contributed by atoms with Gasteiger partial charge in [0.05, 0.1) is 0 Å². The van der Waals surface area contributed by atoms with E-state index in [-0.39, 0.29) is 16.3 Å². The number of hydrogen-bond acceptors (Lipinski definition) is 3. The minimum Gasteiger partial charge on any atom is -0.349 e. The Bertz CT molecular complexity index is 681. The fourth-order valence-corrected chi connectivity index (χ4v) is 3.47. The molecule has 0 bridgehead atoms. The number of amides is 1. The van der Waals surface area contributed by atoms with Gasteiger partial charge in [-0.05, 0) is 23.1 Å². The third-order valence-corrected chi connectivity index (χ3v) is 4.76. The van der Waals surface area contributed by atoms with Crippen molar-refractivity contribution in [1.29, 1.82) is 0 Å². The summed E-state index contributed by atoms with van der Waals surface area (Å²) in [6.45, 7) is 1.55. The van der Waals surface area contributed by atoms with Crippen LogP contribution in [0.3, 0.4) is 0 Å². The Balaban J connectivity index is 2.08. The zero-order chi connectivity index (χ0) is 17.5. The van der Waals surface area contributed by atoms with Crippen molar-refractivity contribution in [2.45, 2.75) is 25.0 Å². The maximum atomic E-state index is 12.0. The summed E-state index contributed by atoms with van der Waals surface area (Å²) in [4.78, 5) is 25.0. The maximum absolute atomic E-state index is 12.0. The second kappa shape index (κ2) is 8.69. The minimum atomic E-state index is -0.0278. The van der Waals surface area contributed by atoms with Crippen molar-refractivity contribution < 1.29 is 9.59 Å². The smallest absolute Gasteiger partial charge is 0.223 e. The molecule has 0 aliphatic heterocycles. The summed E-state index contributed by atoms with van der Waals surface area (Å²) in [5.74, 6) is 0.0506. The molecule has 0 heterocycles. The number of thioether (sulfide) groups is 1. The van der Waals surface area contributed by atoms with Crippen molar-refractivity contribution in [3.8, 4) is 11.1 Å². The van der Waals surface area contributed by atoms with Crippen LogP contribution < -0.4 is 0 Å². The van der Waals surface area contributed by atoms with E-state index in [1.165, 1.54) is 22.9 Å². The summed E-state index contributed by atoms with van der Waals surface area (Å²) in [5.41, 5.74) is 3.49. The van der Waals surface area contributed by atoms with Gasteiger partial charge in [0.25, 0.3) is 0 Å². The van der Waals surface area contributed by atoms with Gasteiger partial charge in [0.1, 0.15) is 0 Å². The summed E-state index contributed by atoms with van der Waals surface area (Å²) in [6, 6.07) is 18.6. The molecule has 0 saturated heterocycles. The molecule has 0 saturated carbocycles. The number of carbonyl (C=O) groups is 2. The molecule has 0 spiro atoms. The first kappa shape index (κ1) is 18.3. The lowest BCUT2D eigenvalue weighted by molar-refractivity contribution is -0.128. The Morgan fingerprint density at radius 3 is 2.08 bits per heavy atom. The van der Waals surface area contributed by atoms with Crippen molar-refractivity contribution in [3.63, 3.8) is 0 Å². The van der Waals surface area contributed by atoms with Crippen LogP contribution in [-0.4, -0.2) is 35.3 Å². The van der Waals surface area contributed by atoms with Crippen LogP contribution >= 0.6 is 11.8 Å². The molecule has 2 rings (SSSR count). The highest BCUT2D eigenvalue weighted by atomic mass is 32.2. The molecule has 2 aromatic carbocycles. The molecule has 24 heavy (non-hydrogen) atoms. The average Bonchev–Trinajstić information content (AvgIpc) is 2.55. The number of carbonyl (C=O) groups excluding carboxylic acids is 2. The second-order valence-corrected chi connectivity index (χ2v) is 7.47. The maximum Gasteiger partial charge on any atom is 0.223 e. The van der Waals surface area contributed by atoms with Crippen molar-refractivity contribution in [1.82, 2.24) is 4.90 Å². The van der Waals surface area contributed by atoms with Gasteiger partial charge in [-0.1, -0.05) is 66.4 Å². The Labute approximate surface area is 148 Å². The first-order valence-corrected chi connectivity index (χ1v) is 8.85. The lowest BCUT2D eigenvalue weighted by Gasteiger charge is -2.17. The highest BCUT2D eigenvalue weighted by Gasteiger charge is 2.18. The fraction of sp³-hybridized carbons (Fsp3) is 0.300. The third kappa shape index (κ3) is 5.53. The molecule has 3 nitrogen and oxygen atoms in total. The second-order valence-electron chi connectivity index (χ2n) is 5.99. The van der Waals surface area contributed by atoms with E-state index >= 15 is 0 Å². The molecular formula is C20H23NO2S. The summed E-state index contributed by atoms with van der Waals surface area (Å²) < 4.78 is 0. The zero-order valence-corrected chi connectivity index (χ0v) is 15.2. The molecule has 0 fully saturated rings. The molecule has 0 aromatic heterocycles. The molecule has 2 aromatic rings. The van der Waals surface area contributed by atoms with Crippen LogP contribution in [-0.2, 0) is 16.0 Å². The molecule has 1 unspecified atom stereocenters. The third-order valence-electron chi connectivity index (χ3n) is 3.76. The van der Waals surface area contributed by atoms with E-state index in [4.69, 9.17) is 0 Å². The molecule has 126 valence electrons. The summed E-state index contributed by atoms with van der Waals surface area (Å²) in [5, 5.41) is 0.0208. The van der Waals surface area contributed by atoms with Crippen LogP contribution in [0.4, 0.5) is 0 Å². The minimum absolute atomic E-state index is 0.0278. The van der Waals surface area contributed by atoms with E-state index in [2.05, 4.69) is 36.4 Å². The van der Waals surface area contributed by atoms with E-state index < -0.39 is 0 Å². The van der Waals surface area contributed by atoms with Crippen molar-refractivity contribution in [2.75, 3.05) is 14.1 Å². The van der Waals surface area contributed by atoms with Gasteiger partial charge < -0.3 is 4.90 Å². The predicted molar refractivity (Wildman–Crippen MR) is 101 cm³/mol. The Morgan fingerprint density at radius 2 is 1.54 bits per heavy atom. The topological polar surface area (TPSA) is 37.4 Å². The molecule has 0 aliphatic carbocycles. The quantitative estimate of drug-likeness (QED) is 0.796. The van der Waals surface area contributed by atoms with Gasteiger partial charge >= 0.3 is 0 Å². The first-order valence-electron chi connectivity index (χ1n) is 7.97. The van der Waals surface area contributed by atoms with Gasteiger partial charge in [0.15, 0.2) is 5.12 Å². The summed E-state index contributed by atoms with van der Waals surface area (Å²) in [7, 11) is 3.49. The van der Waals surface area contributed by atoms with Gasteiger partial charge in [0.2, 0.25) is 5.91 Å². The highest BCUT2D eigenvalue weighted by Crippen LogP contribution is 2.24. The number of rotatable bonds is 6. The van der Waals surface area contributed by atoms with E-state index in [9.17, 15) is 9.59 Å². The summed E-state index contributed by atoms with van der Waals surface area (Å²) >= 11 is 1.25. The van der Waals surface area contributed by atoms with Gasteiger partial charge in [-0.25, -0.2) is 0 Å². The predicted octanol–water partition coefficient (Wildman–Crippen LogP) is 4.02. The van der Waals surface area contributed by atoms with Crippen LogP contribution in [0, 0.1) is 0 Å². The molecule has 1 atom stereocenters. The Hall–Kier alpha value is -2.07. The Kier molecular flexibility index (Phi) is 6.62. The van der Waals surface area contributed by atoms with Crippen molar-refractivity contribution >= 4 is 22.8 Å². The van der Waals surface area contributed by atoms with Crippen molar-refractivity contribution in [2.24, 2.45) is 0 Å². The lowest BCUT2D eigenvalue weighted by atomic mass is 10.0. The molecule has 0 aliphatic rings. The average molecular weight is 341 g/mol. The highest BCUT2D eigenvalue weighted by molar-refractivity contribution is 8.14. The van der Waals surface area contributed by atoms with E-state index in [1.807, 2.05) is 18.2 Å². The monoisotopic (exact) mass is 341 g/mol. The standard InChI is InChI=1S/C20H23NO2S/c1-15(22)24-19(14-20(23)21(2)3)13-16-9-11-18(12-10-16)17-7-5-4-6-8-17/h4-12,19H,13-14H2,1-3H3. The molecule has 0 N–H and O–H groups in total. The number of hydrogen-bond donors (Lipinski definition) is 0. The number of benzene rings is 2. The van der Waals surface area contributed by atoms with Gasteiger partial charge in [-0.2, -0.15) is 0 Å². The fourth-order valence-electron chi connectivity index (χ4n) is 2.49. The van der Waals surface area contributed by atoms with Gasteiger partial charge in [0, 0.05) is 32.7 Å². The normalized spacial score (nSPS) is 11.8. The largest absolute Gasteiger partial charge is 0.349 e. The van der Waals surface area contributed by atoms with Crippen LogP contribution in [0.2, 0.25) is 0 Å². The van der Waals surface area contributed by atoms with Gasteiger partial charge in [-0.15, -0.1) is 0 Å². The number of nitrogens with zero attached hydrogens (tertiary/aromatic N) is 1. The SMILES string of the molecule is CC(=O)SC(CC(=O)N(C)C)Cc1ccc(-c2ccccc2)cc1. The molecular weight excluding hydrogens is 318 g/mol. The first-order chi connectivity index (χ1) is 11.5. The zero-order valence-electron chi connectivity index (χ0n) is 14.4. The van der Waals surface area contributed by atoms with E-state index in [0.29, 0.717) is 12.8 Å². The van der Waals surface area contributed by atoms with Gasteiger partial charge in [-0.3, -0.25) is 9.59 Å². The summed E-state index contributed by atoms with van der Waals surface area (Å²) in [6.07, 6.45) is 1.08. The van der Waals surface area contributed by atoms with E-state index in [1.54, 1.807) is 25.9 Å². The molecule has 1 amide bonds. The van der Waals surface area contributed by atoms with E-state index in [0.717, 1.165) is 5.56 Å². The lowest BCUT2D eigenvalue weighted by Crippen LogP contribution is -2.26. The molecule has 0 radical (unpaired) electrons.